The van der Waals surface area contributed by atoms with Crippen molar-refractivity contribution in [1.82, 2.24) is 45.6 Å². The lowest BCUT2D eigenvalue weighted by Crippen LogP contribution is -2.25. The number of halogens is 2. The summed E-state index contributed by atoms with van der Waals surface area (Å²) in [5.74, 6) is -3.06. The minimum absolute atomic E-state index is 0.00584. The summed E-state index contributed by atoms with van der Waals surface area (Å²) in [5.41, 5.74) is 0.589. The van der Waals surface area contributed by atoms with Gasteiger partial charge in [-0.2, -0.15) is 0 Å². The summed E-state index contributed by atoms with van der Waals surface area (Å²) in [5, 5.41) is 21.2. The van der Waals surface area contributed by atoms with Crippen LogP contribution < -0.4 is 10.6 Å². The van der Waals surface area contributed by atoms with Gasteiger partial charge in [-0.1, -0.05) is 10.4 Å². The summed E-state index contributed by atoms with van der Waals surface area (Å²) < 4.78 is 30.1. The van der Waals surface area contributed by atoms with Crippen molar-refractivity contribution in [3.05, 3.63) is 53.4 Å². The van der Waals surface area contributed by atoms with E-state index in [1.165, 1.54) is 37.4 Å². The van der Waals surface area contributed by atoms with Crippen molar-refractivity contribution in [2.75, 3.05) is 6.54 Å². The van der Waals surface area contributed by atoms with Gasteiger partial charge in [-0.3, -0.25) is 23.9 Å². The molecule has 0 radical (unpaired) electrons. The number of rotatable bonds is 12. The number of alkyl halides is 2. The van der Waals surface area contributed by atoms with Crippen LogP contribution in [0.5, 0.6) is 0 Å². The van der Waals surface area contributed by atoms with Gasteiger partial charge in [0.15, 0.2) is 11.4 Å². The number of hydrogen-bond donors (Lipinski definition) is 2. The van der Waals surface area contributed by atoms with Crippen molar-refractivity contribution < 1.29 is 18.4 Å². The fourth-order valence-corrected chi connectivity index (χ4v) is 3.33. The van der Waals surface area contributed by atoms with E-state index in [1.807, 2.05) is 0 Å². The van der Waals surface area contributed by atoms with Crippen molar-refractivity contribution in [2.45, 2.75) is 58.2 Å². The maximum atomic E-state index is 13.5. The number of hydrogen-bond acceptors (Lipinski definition) is 7. The number of carbonyl (C=O) groups excluding carboxylic acids is 2. The number of aryl methyl sites for hydroxylation is 2. The van der Waals surface area contributed by atoms with Gasteiger partial charge in [0.1, 0.15) is 0 Å². The Kier molecular flexibility index (Phi) is 7.42. The molecule has 2 N–H and O–H groups in total. The molecule has 13 heteroatoms. The zero-order chi connectivity index (χ0) is 24.8. The van der Waals surface area contributed by atoms with Crippen LogP contribution in [-0.2, 0) is 25.6 Å². The van der Waals surface area contributed by atoms with Crippen LogP contribution in [0.1, 0.15) is 64.8 Å². The zero-order valence-electron chi connectivity index (χ0n) is 19.3. The Morgan fingerprint density at radius 2 is 1.63 bits per heavy atom. The molecule has 35 heavy (non-hydrogen) atoms. The van der Waals surface area contributed by atoms with Crippen LogP contribution in [0.4, 0.5) is 8.78 Å². The molecule has 3 heterocycles. The average molecular weight is 488 g/mol. The van der Waals surface area contributed by atoms with Gasteiger partial charge in [0, 0.05) is 38.3 Å². The van der Waals surface area contributed by atoms with E-state index in [0.29, 0.717) is 36.9 Å². The first-order chi connectivity index (χ1) is 16.8. The maximum Gasteiger partial charge on any atom is 0.273 e. The third-order valence-corrected chi connectivity index (χ3v) is 5.57. The summed E-state index contributed by atoms with van der Waals surface area (Å²) in [6.45, 7) is 2.62. The van der Waals surface area contributed by atoms with Crippen molar-refractivity contribution in [3.63, 3.8) is 0 Å². The Morgan fingerprint density at radius 3 is 2.20 bits per heavy atom. The second-order valence-corrected chi connectivity index (χ2v) is 8.70. The Morgan fingerprint density at radius 1 is 1.03 bits per heavy atom. The molecule has 0 aliphatic heterocycles. The van der Waals surface area contributed by atoms with Gasteiger partial charge < -0.3 is 10.6 Å². The molecule has 0 atom stereocenters. The highest BCUT2D eigenvalue weighted by molar-refractivity contribution is 5.92. The molecule has 4 rings (SSSR count). The first kappa shape index (κ1) is 24.4. The molecule has 186 valence electrons. The lowest BCUT2D eigenvalue weighted by atomic mass is 10.1. The molecule has 1 fully saturated rings. The largest absolute Gasteiger partial charge is 0.350 e. The Labute approximate surface area is 200 Å². The predicted octanol–water partition coefficient (Wildman–Crippen LogP) is 1.93. The average Bonchev–Trinajstić information content (AvgIpc) is 3.33. The number of pyridine rings is 1. The first-order valence-electron chi connectivity index (χ1n) is 11.5. The van der Waals surface area contributed by atoms with E-state index in [4.69, 9.17) is 0 Å². The van der Waals surface area contributed by atoms with E-state index >= 15 is 0 Å². The van der Waals surface area contributed by atoms with Gasteiger partial charge in [-0.25, -0.2) is 8.78 Å². The third kappa shape index (κ3) is 7.11. The molecule has 1 aliphatic rings. The normalized spacial score (nSPS) is 13.6. The molecule has 1 saturated carbocycles. The van der Waals surface area contributed by atoms with Crippen molar-refractivity contribution in [3.8, 4) is 0 Å². The number of nitrogens with zero attached hydrogens (tertiary/aromatic N) is 7. The second-order valence-electron chi connectivity index (χ2n) is 8.70. The van der Waals surface area contributed by atoms with Gasteiger partial charge in [0.05, 0.1) is 24.6 Å². The highest BCUT2D eigenvalue weighted by Crippen LogP contribution is 2.27. The van der Waals surface area contributed by atoms with Crippen LogP contribution in [0.25, 0.3) is 0 Å². The molecule has 0 saturated heterocycles. The Balaban J connectivity index is 1.17. The monoisotopic (exact) mass is 487 g/mol. The summed E-state index contributed by atoms with van der Waals surface area (Å²) in [6, 6.07) is 2.50. The number of amides is 2. The van der Waals surface area contributed by atoms with Gasteiger partial charge in [-0.15, -0.1) is 10.2 Å². The molecule has 3 aromatic heterocycles. The van der Waals surface area contributed by atoms with Crippen LogP contribution >= 0.6 is 0 Å². The Hall–Kier alpha value is -3.77. The fourth-order valence-electron chi connectivity index (χ4n) is 3.33. The van der Waals surface area contributed by atoms with E-state index < -0.39 is 11.8 Å². The van der Waals surface area contributed by atoms with E-state index in [2.05, 4.69) is 36.2 Å². The highest BCUT2D eigenvalue weighted by Gasteiger charge is 2.25. The van der Waals surface area contributed by atoms with Crippen LogP contribution in [0.2, 0.25) is 0 Å². The molecule has 1 aliphatic carbocycles. The van der Waals surface area contributed by atoms with Crippen molar-refractivity contribution in [2.24, 2.45) is 5.92 Å². The molecular weight excluding hydrogens is 460 g/mol. The van der Waals surface area contributed by atoms with Gasteiger partial charge in [0.25, 0.3) is 17.7 Å². The van der Waals surface area contributed by atoms with E-state index in [1.54, 1.807) is 15.6 Å². The summed E-state index contributed by atoms with van der Waals surface area (Å²) >= 11 is 0. The van der Waals surface area contributed by atoms with Crippen LogP contribution in [0.15, 0.2) is 30.7 Å². The number of unbranched alkanes of at least 4 members (excludes halogenated alkanes) is 1. The maximum absolute atomic E-state index is 13.5. The second kappa shape index (κ2) is 10.7. The lowest BCUT2D eigenvalue weighted by molar-refractivity contribution is 0.0173. The number of carbonyl (C=O) groups is 2. The van der Waals surface area contributed by atoms with Crippen LogP contribution in [-0.4, -0.2) is 53.3 Å². The zero-order valence-corrected chi connectivity index (χ0v) is 19.3. The van der Waals surface area contributed by atoms with Crippen molar-refractivity contribution in [1.29, 1.82) is 0 Å². The smallest absolute Gasteiger partial charge is 0.273 e. The van der Waals surface area contributed by atoms with Crippen LogP contribution in [0, 0.1) is 5.92 Å². The van der Waals surface area contributed by atoms with Crippen molar-refractivity contribution >= 4 is 11.8 Å². The molecule has 11 nitrogen and oxygen atoms in total. The molecule has 2 amide bonds. The van der Waals surface area contributed by atoms with Gasteiger partial charge in [0.2, 0.25) is 0 Å². The number of nitrogens with one attached hydrogen (secondary N) is 2. The minimum Gasteiger partial charge on any atom is -0.350 e. The first-order valence-corrected chi connectivity index (χ1v) is 11.5. The minimum atomic E-state index is -2.98. The molecule has 0 spiro atoms. The van der Waals surface area contributed by atoms with Gasteiger partial charge in [-0.05, 0) is 43.7 Å². The lowest BCUT2D eigenvalue weighted by Gasteiger charge is -2.11. The summed E-state index contributed by atoms with van der Waals surface area (Å²) in [4.78, 5) is 28.4. The fraction of sp³-hybridized carbons (Fsp3) is 0.500. The molecule has 3 aromatic rings. The van der Waals surface area contributed by atoms with E-state index in [0.717, 1.165) is 19.8 Å². The van der Waals surface area contributed by atoms with Crippen LogP contribution in [0.3, 0.4) is 0 Å². The van der Waals surface area contributed by atoms with E-state index in [9.17, 15) is 18.4 Å². The SMILES string of the molecule is CC(F)(F)c1ccnc(CNC(=O)c2cn(CCCCn3cc(C(=O)NCC4CC4)nn3)nn2)c1. The predicted molar refractivity (Wildman–Crippen MR) is 119 cm³/mol. The molecular formula is C22H27F2N9O2. The van der Waals surface area contributed by atoms with Gasteiger partial charge >= 0.3 is 0 Å². The quantitative estimate of drug-likeness (QED) is 0.373. The molecule has 0 aromatic carbocycles. The standard InChI is InChI=1S/C22H27F2N9O2/c1-22(23,24)16-6-7-25-17(10-16)12-27-21(35)19-14-33(31-29-19)9-3-2-8-32-13-18(28-30-32)20(34)26-11-15-4-5-15/h6-7,10,13-15H,2-5,8-9,11-12H2,1H3,(H,26,34)(H,27,35). The summed E-state index contributed by atoms with van der Waals surface area (Å²) in [7, 11) is 0. The van der Waals surface area contributed by atoms with E-state index in [-0.39, 0.29) is 23.7 Å². The molecule has 0 bridgehead atoms. The highest BCUT2D eigenvalue weighted by atomic mass is 19.3. The third-order valence-electron chi connectivity index (χ3n) is 5.57. The molecule has 0 unspecified atom stereocenters. The Bertz CT molecular complexity index is 1170. The topological polar surface area (TPSA) is 133 Å². The number of aromatic nitrogens is 7. The summed E-state index contributed by atoms with van der Waals surface area (Å²) in [6.07, 6.45) is 8.28.